The number of anilines is 1. The normalized spacial score (nSPS) is 14.2. The van der Waals surface area contributed by atoms with Gasteiger partial charge >= 0.3 is 5.97 Å². The van der Waals surface area contributed by atoms with E-state index in [0.717, 1.165) is 5.56 Å². The molecule has 0 bridgehead atoms. The van der Waals surface area contributed by atoms with Crippen LogP contribution in [-0.4, -0.2) is 36.0 Å². The predicted molar refractivity (Wildman–Crippen MR) is 94.2 cm³/mol. The van der Waals surface area contributed by atoms with Crippen molar-refractivity contribution in [3.63, 3.8) is 0 Å². The van der Waals surface area contributed by atoms with Gasteiger partial charge in [0.25, 0.3) is 5.91 Å². The molecule has 2 N–H and O–H groups in total. The molecule has 0 saturated heterocycles. The average Bonchev–Trinajstić information content (AvgIpc) is 2.64. The molecule has 0 aliphatic carbocycles. The molecule has 1 heterocycles. The summed E-state index contributed by atoms with van der Waals surface area (Å²) in [6.07, 6.45) is 0. The highest BCUT2D eigenvalue weighted by atomic mass is 16.5. The van der Waals surface area contributed by atoms with Gasteiger partial charge in [-0.3, -0.25) is 14.5 Å². The number of benzene rings is 2. The van der Waals surface area contributed by atoms with Gasteiger partial charge in [-0.05, 0) is 30.7 Å². The smallest absolute Gasteiger partial charge is 0.335 e. The minimum absolute atomic E-state index is 0.0186. The molecule has 3 rings (SSSR count). The van der Waals surface area contributed by atoms with E-state index in [1.807, 2.05) is 37.3 Å². The Balaban J connectivity index is 1.77. The fourth-order valence-electron chi connectivity index (χ4n) is 2.76. The number of amides is 2. The highest BCUT2D eigenvalue weighted by Crippen LogP contribution is 2.32. The van der Waals surface area contributed by atoms with Crippen LogP contribution in [0.5, 0.6) is 5.75 Å². The van der Waals surface area contributed by atoms with Crippen molar-refractivity contribution in [1.29, 1.82) is 0 Å². The zero-order valence-electron chi connectivity index (χ0n) is 14.1. The van der Waals surface area contributed by atoms with Crippen molar-refractivity contribution in [1.82, 2.24) is 5.32 Å². The largest absolute Gasteiger partial charge is 0.482 e. The molecule has 0 fully saturated rings. The van der Waals surface area contributed by atoms with Crippen LogP contribution in [-0.2, 0) is 9.59 Å². The van der Waals surface area contributed by atoms with Crippen molar-refractivity contribution in [2.24, 2.45) is 0 Å². The number of carboxylic acid groups (broad SMARTS) is 1. The topological polar surface area (TPSA) is 95.9 Å². The van der Waals surface area contributed by atoms with Crippen LogP contribution in [0.15, 0.2) is 48.5 Å². The molecule has 0 radical (unpaired) electrons. The quantitative estimate of drug-likeness (QED) is 0.856. The number of nitrogens with one attached hydrogen (secondary N) is 1. The Hall–Kier alpha value is -3.35. The number of ether oxygens (including phenoxy) is 1. The van der Waals surface area contributed by atoms with Crippen LogP contribution < -0.4 is 15.0 Å². The molecule has 26 heavy (non-hydrogen) atoms. The lowest BCUT2D eigenvalue weighted by molar-refractivity contribution is -0.125. The monoisotopic (exact) mass is 354 g/mol. The fraction of sp³-hybridized carbons (Fsp3) is 0.211. The number of carbonyl (C=O) groups excluding carboxylic acids is 2. The Morgan fingerprint density at radius 3 is 2.65 bits per heavy atom. The molecular formula is C19H18N2O5. The van der Waals surface area contributed by atoms with Crippen molar-refractivity contribution in [2.75, 3.05) is 18.1 Å². The van der Waals surface area contributed by atoms with E-state index in [4.69, 9.17) is 9.84 Å². The Morgan fingerprint density at radius 2 is 1.96 bits per heavy atom. The van der Waals surface area contributed by atoms with Crippen LogP contribution >= 0.6 is 0 Å². The summed E-state index contributed by atoms with van der Waals surface area (Å²) in [5, 5.41) is 12.0. The van der Waals surface area contributed by atoms with Crippen LogP contribution in [0.3, 0.4) is 0 Å². The van der Waals surface area contributed by atoms with Gasteiger partial charge in [0.05, 0.1) is 17.3 Å². The van der Waals surface area contributed by atoms with Gasteiger partial charge in [-0.15, -0.1) is 0 Å². The van der Waals surface area contributed by atoms with Gasteiger partial charge in [0.1, 0.15) is 12.3 Å². The van der Waals surface area contributed by atoms with E-state index in [0.29, 0.717) is 5.75 Å². The number of nitrogens with zero attached hydrogens (tertiary/aromatic N) is 1. The molecule has 0 spiro atoms. The van der Waals surface area contributed by atoms with Crippen LogP contribution in [0.2, 0.25) is 0 Å². The minimum Gasteiger partial charge on any atom is -0.482 e. The maximum atomic E-state index is 12.4. The first-order chi connectivity index (χ1) is 12.5. The summed E-state index contributed by atoms with van der Waals surface area (Å²) in [4.78, 5) is 37.0. The summed E-state index contributed by atoms with van der Waals surface area (Å²) in [5.74, 6) is -1.49. The Bertz CT molecular complexity index is 850. The van der Waals surface area contributed by atoms with E-state index in [1.165, 1.54) is 23.1 Å². The molecule has 1 unspecified atom stereocenters. The number of hydrogen-bond donors (Lipinski definition) is 2. The first-order valence-corrected chi connectivity index (χ1v) is 8.10. The molecule has 1 atom stereocenters. The van der Waals surface area contributed by atoms with Crippen molar-refractivity contribution in [3.8, 4) is 5.75 Å². The minimum atomic E-state index is -1.12. The van der Waals surface area contributed by atoms with Crippen molar-refractivity contribution in [2.45, 2.75) is 13.0 Å². The summed E-state index contributed by atoms with van der Waals surface area (Å²) in [6, 6.07) is 13.5. The SMILES string of the molecule is CC(NC(=O)CN1C(=O)COc2ccc(C(=O)O)cc21)c1ccccc1. The summed E-state index contributed by atoms with van der Waals surface area (Å²) >= 11 is 0. The Labute approximate surface area is 150 Å². The molecule has 2 aromatic rings. The van der Waals surface area contributed by atoms with Gasteiger partial charge in [-0.1, -0.05) is 30.3 Å². The standard InChI is InChI=1S/C19H18N2O5/c1-12(13-5-3-2-4-6-13)20-17(22)10-21-15-9-14(19(24)25)7-8-16(15)26-11-18(21)23/h2-9,12H,10-11H2,1H3,(H,20,22)(H,24,25). The highest BCUT2D eigenvalue weighted by Gasteiger charge is 2.28. The van der Waals surface area contributed by atoms with E-state index in [1.54, 1.807) is 0 Å². The van der Waals surface area contributed by atoms with E-state index >= 15 is 0 Å². The first kappa shape index (κ1) is 17.5. The van der Waals surface area contributed by atoms with Gasteiger partial charge in [-0.2, -0.15) is 0 Å². The van der Waals surface area contributed by atoms with Crippen molar-refractivity contribution in [3.05, 3.63) is 59.7 Å². The fourth-order valence-corrected chi connectivity index (χ4v) is 2.76. The van der Waals surface area contributed by atoms with Gasteiger partial charge in [0, 0.05) is 0 Å². The maximum absolute atomic E-state index is 12.4. The number of rotatable bonds is 5. The summed E-state index contributed by atoms with van der Waals surface area (Å²) in [6.45, 7) is 1.45. The second-order valence-electron chi connectivity index (χ2n) is 5.96. The van der Waals surface area contributed by atoms with Crippen LogP contribution in [0.4, 0.5) is 5.69 Å². The average molecular weight is 354 g/mol. The molecule has 2 amide bonds. The molecular weight excluding hydrogens is 336 g/mol. The Morgan fingerprint density at radius 1 is 1.23 bits per heavy atom. The zero-order chi connectivity index (χ0) is 18.7. The van der Waals surface area contributed by atoms with Crippen molar-refractivity contribution >= 4 is 23.5 Å². The zero-order valence-corrected chi connectivity index (χ0v) is 14.1. The van der Waals surface area contributed by atoms with Crippen LogP contribution in [0.25, 0.3) is 0 Å². The lowest BCUT2D eigenvalue weighted by Gasteiger charge is -2.29. The number of carbonyl (C=O) groups is 3. The van der Waals surface area contributed by atoms with Gasteiger partial charge in [0.2, 0.25) is 5.91 Å². The third-order valence-corrected chi connectivity index (χ3v) is 4.13. The second-order valence-corrected chi connectivity index (χ2v) is 5.96. The summed E-state index contributed by atoms with van der Waals surface area (Å²) < 4.78 is 5.32. The van der Waals surface area contributed by atoms with E-state index in [-0.39, 0.29) is 36.4 Å². The number of carboxylic acids is 1. The maximum Gasteiger partial charge on any atom is 0.335 e. The van der Waals surface area contributed by atoms with Crippen molar-refractivity contribution < 1.29 is 24.2 Å². The lowest BCUT2D eigenvalue weighted by Crippen LogP contribution is -2.45. The summed E-state index contributed by atoms with van der Waals surface area (Å²) in [5.41, 5.74) is 1.25. The number of hydrogen-bond acceptors (Lipinski definition) is 4. The van der Waals surface area contributed by atoms with E-state index < -0.39 is 11.9 Å². The molecule has 7 heteroatoms. The molecule has 1 aliphatic rings. The lowest BCUT2D eigenvalue weighted by atomic mass is 10.1. The highest BCUT2D eigenvalue weighted by molar-refractivity contribution is 6.03. The number of fused-ring (bicyclic) bond motifs is 1. The van der Waals surface area contributed by atoms with E-state index in [2.05, 4.69) is 5.32 Å². The molecule has 2 aromatic carbocycles. The molecule has 0 saturated carbocycles. The first-order valence-electron chi connectivity index (χ1n) is 8.10. The third-order valence-electron chi connectivity index (χ3n) is 4.13. The predicted octanol–water partition coefficient (Wildman–Crippen LogP) is 1.99. The second kappa shape index (κ2) is 7.26. The summed E-state index contributed by atoms with van der Waals surface area (Å²) in [7, 11) is 0. The molecule has 0 aromatic heterocycles. The Kier molecular flexibility index (Phi) is 4.88. The molecule has 7 nitrogen and oxygen atoms in total. The third kappa shape index (κ3) is 3.66. The molecule has 134 valence electrons. The van der Waals surface area contributed by atoms with Gasteiger partial charge < -0.3 is 15.2 Å². The van der Waals surface area contributed by atoms with E-state index in [9.17, 15) is 14.4 Å². The van der Waals surface area contributed by atoms with Crippen LogP contribution in [0.1, 0.15) is 28.9 Å². The molecule has 1 aliphatic heterocycles. The van der Waals surface area contributed by atoms with Gasteiger partial charge in [0.15, 0.2) is 6.61 Å². The van der Waals surface area contributed by atoms with Crippen LogP contribution in [0, 0.1) is 0 Å². The number of aromatic carboxylic acids is 1. The van der Waals surface area contributed by atoms with Gasteiger partial charge in [-0.25, -0.2) is 4.79 Å².